The second-order valence-corrected chi connectivity index (χ2v) is 4.69. The second-order valence-electron chi connectivity index (χ2n) is 4.69. The zero-order valence-electron chi connectivity index (χ0n) is 10.6. The van der Waals surface area contributed by atoms with Gasteiger partial charge >= 0.3 is 0 Å². The quantitative estimate of drug-likeness (QED) is 0.857. The molecule has 1 aliphatic rings. The minimum absolute atomic E-state index is 0.799. The van der Waals surface area contributed by atoms with Gasteiger partial charge in [-0.25, -0.2) is 4.98 Å². The van der Waals surface area contributed by atoms with Crippen LogP contribution in [-0.2, 0) is 26.6 Å². The van der Waals surface area contributed by atoms with E-state index < -0.39 is 0 Å². The number of anilines is 1. The summed E-state index contributed by atoms with van der Waals surface area (Å²) in [6, 6.07) is 6.53. The molecule has 1 aliphatic heterocycles. The summed E-state index contributed by atoms with van der Waals surface area (Å²) in [6.45, 7) is 2.74. The lowest BCUT2D eigenvalue weighted by Gasteiger charge is -2.10. The highest BCUT2D eigenvalue weighted by Gasteiger charge is 2.13. The number of nitrogens with one attached hydrogen (secondary N) is 2. The molecule has 0 saturated carbocycles. The van der Waals surface area contributed by atoms with Crippen LogP contribution in [0.4, 0.5) is 5.69 Å². The van der Waals surface area contributed by atoms with Crippen molar-refractivity contribution in [2.75, 3.05) is 11.9 Å². The molecule has 2 N–H and O–H groups in total. The minimum atomic E-state index is 0.799. The smallest absolute Gasteiger partial charge is 0.122 e. The van der Waals surface area contributed by atoms with E-state index >= 15 is 0 Å². The summed E-state index contributed by atoms with van der Waals surface area (Å²) < 4.78 is 2.04. The van der Waals surface area contributed by atoms with E-state index in [0.717, 1.165) is 31.9 Å². The third-order valence-corrected chi connectivity index (χ3v) is 3.45. The molecule has 3 rings (SSSR count). The Morgan fingerprint density at radius 3 is 3.17 bits per heavy atom. The van der Waals surface area contributed by atoms with Gasteiger partial charge in [0.15, 0.2) is 0 Å². The fraction of sp³-hybridized carbons (Fsp3) is 0.357. The summed E-state index contributed by atoms with van der Waals surface area (Å²) in [7, 11) is 2.02. The molecule has 2 aromatic rings. The zero-order chi connectivity index (χ0) is 12.4. The molecule has 0 atom stereocenters. The van der Waals surface area contributed by atoms with Crippen molar-refractivity contribution in [2.24, 2.45) is 7.05 Å². The van der Waals surface area contributed by atoms with Crippen LogP contribution in [-0.4, -0.2) is 16.1 Å². The summed E-state index contributed by atoms with van der Waals surface area (Å²) in [5, 5.41) is 6.91. The van der Waals surface area contributed by atoms with Crippen LogP contribution in [0.2, 0.25) is 0 Å². The predicted molar refractivity (Wildman–Crippen MR) is 72.4 cm³/mol. The number of aryl methyl sites for hydroxylation is 1. The summed E-state index contributed by atoms with van der Waals surface area (Å²) >= 11 is 0. The lowest BCUT2D eigenvalue weighted by Crippen LogP contribution is -2.16. The molecule has 0 amide bonds. The van der Waals surface area contributed by atoms with Crippen molar-refractivity contribution >= 4 is 5.69 Å². The summed E-state index contributed by atoms with van der Waals surface area (Å²) in [5.74, 6) is 1.07. The molecule has 4 nitrogen and oxygen atoms in total. The second kappa shape index (κ2) is 4.82. The van der Waals surface area contributed by atoms with Crippen LogP contribution in [0.25, 0.3) is 0 Å². The molecule has 0 spiro atoms. The van der Waals surface area contributed by atoms with Crippen LogP contribution in [0.15, 0.2) is 30.6 Å². The molecule has 2 heterocycles. The van der Waals surface area contributed by atoms with E-state index in [1.807, 2.05) is 24.0 Å². The van der Waals surface area contributed by atoms with Gasteiger partial charge in [0.1, 0.15) is 5.82 Å². The highest BCUT2D eigenvalue weighted by molar-refractivity contribution is 5.61. The Morgan fingerprint density at radius 1 is 1.39 bits per heavy atom. The van der Waals surface area contributed by atoms with Gasteiger partial charge in [0.25, 0.3) is 0 Å². The maximum Gasteiger partial charge on any atom is 0.122 e. The topological polar surface area (TPSA) is 41.9 Å². The number of imidazole rings is 1. The van der Waals surface area contributed by atoms with E-state index in [-0.39, 0.29) is 0 Å². The first-order valence-corrected chi connectivity index (χ1v) is 6.36. The van der Waals surface area contributed by atoms with E-state index in [4.69, 9.17) is 0 Å². The van der Waals surface area contributed by atoms with Crippen LogP contribution in [0.3, 0.4) is 0 Å². The molecule has 0 aliphatic carbocycles. The van der Waals surface area contributed by atoms with Crippen molar-refractivity contribution in [3.05, 3.63) is 47.5 Å². The largest absolute Gasteiger partial charge is 0.384 e. The number of para-hydroxylation sites is 1. The normalized spacial score (nSPS) is 13.4. The lowest BCUT2D eigenvalue weighted by atomic mass is 10.1. The Hall–Kier alpha value is -1.81. The van der Waals surface area contributed by atoms with Crippen LogP contribution in [0, 0.1) is 0 Å². The van der Waals surface area contributed by atoms with Gasteiger partial charge in [-0.15, -0.1) is 0 Å². The number of aromatic nitrogens is 2. The zero-order valence-corrected chi connectivity index (χ0v) is 10.6. The Morgan fingerprint density at radius 2 is 2.33 bits per heavy atom. The van der Waals surface area contributed by atoms with Crippen LogP contribution < -0.4 is 10.6 Å². The minimum Gasteiger partial charge on any atom is -0.384 e. The van der Waals surface area contributed by atoms with Gasteiger partial charge in [-0.1, -0.05) is 18.2 Å². The number of rotatable bonds is 4. The number of hydrogen-bond acceptors (Lipinski definition) is 3. The molecular formula is C14H18N4. The van der Waals surface area contributed by atoms with Crippen molar-refractivity contribution in [1.82, 2.24) is 14.9 Å². The summed E-state index contributed by atoms with van der Waals surface area (Å²) in [6.07, 6.45) is 4.94. The first-order chi connectivity index (χ1) is 8.84. The first kappa shape index (κ1) is 11.3. The molecule has 0 unspecified atom stereocenters. The maximum atomic E-state index is 4.30. The predicted octanol–water partition coefficient (Wildman–Crippen LogP) is 1.68. The summed E-state index contributed by atoms with van der Waals surface area (Å²) in [5.41, 5.74) is 4.11. The first-order valence-electron chi connectivity index (χ1n) is 6.36. The van der Waals surface area contributed by atoms with Crippen molar-refractivity contribution < 1.29 is 0 Å². The maximum absolute atomic E-state index is 4.30. The van der Waals surface area contributed by atoms with Gasteiger partial charge < -0.3 is 15.2 Å². The van der Waals surface area contributed by atoms with Crippen molar-refractivity contribution in [1.29, 1.82) is 0 Å². The standard InChI is InChI=1S/C14H18N4/c1-18-8-7-16-13(18)10-15-9-12-4-2-3-11-5-6-17-14(11)12/h2-4,7-8,15,17H,5-6,9-10H2,1H3. The van der Waals surface area contributed by atoms with Gasteiger partial charge in [-0.05, 0) is 17.5 Å². The van der Waals surface area contributed by atoms with Gasteiger partial charge in [-0.2, -0.15) is 0 Å². The van der Waals surface area contributed by atoms with Crippen molar-refractivity contribution in [3.63, 3.8) is 0 Å². The molecule has 4 heteroatoms. The molecule has 0 fully saturated rings. The molecule has 1 aromatic carbocycles. The highest BCUT2D eigenvalue weighted by atomic mass is 15.1. The van der Waals surface area contributed by atoms with E-state index in [9.17, 15) is 0 Å². The number of nitrogens with zero attached hydrogens (tertiary/aromatic N) is 2. The average molecular weight is 242 g/mol. The SMILES string of the molecule is Cn1ccnc1CNCc1cccc2c1NCC2. The number of fused-ring (bicyclic) bond motifs is 1. The molecule has 0 saturated heterocycles. The van der Waals surface area contributed by atoms with E-state index in [1.54, 1.807) is 0 Å². The molecule has 0 radical (unpaired) electrons. The van der Waals surface area contributed by atoms with Gasteiger partial charge in [-0.3, -0.25) is 0 Å². The van der Waals surface area contributed by atoms with Crippen LogP contribution >= 0.6 is 0 Å². The molecule has 94 valence electrons. The number of hydrogen-bond donors (Lipinski definition) is 2. The fourth-order valence-electron chi connectivity index (χ4n) is 2.43. The molecular weight excluding hydrogens is 224 g/mol. The average Bonchev–Trinajstić information content (AvgIpc) is 2.99. The molecule has 18 heavy (non-hydrogen) atoms. The van der Waals surface area contributed by atoms with E-state index in [2.05, 4.69) is 33.8 Å². The Labute approximate surface area is 107 Å². The fourth-order valence-corrected chi connectivity index (χ4v) is 2.43. The van der Waals surface area contributed by atoms with Gasteiger partial charge in [0, 0.05) is 38.2 Å². The Bertz CT molecular complexity index is 544. The Kier molecular flexibility index (Phi) is 3.02. The monoisotopic (exact) mass is 242 g/mol. The van der Waals surface area contributed by atoms with Crippen LogP contribution in [0.1, 0.15) is 17.0 Å². The van der Waals surface area contributed by atoms with E-state index in [1.165, 1.54) is 16.8 Å². The third-order valence-electron chi connectivity index (χ3n) is 3.45. The summed E-state index contributed by atoms with van der Waals surface area (Å²) in [4.78, 5) is 4.30. The van der Waals surface area contributed by atoms with Crippen molar-refractivity contribution in [3.8, 4) is 0 Å². The van der Waals surface area contributed by atoms with Gasteiger partial charge in [0.2, 0.25) is 0 Å². The lowest BCUT2D eigenvalue weighted by molar-refractivity contribution is 0.639. The van der Waals surface area contributed by atoms with Crippen LogP contribution in [0.5, 0.6) is 0 Å². The molecule has 0 bridgehead atoms. The van der Waals surface area contributed by atoms with Crippen molar-refractivity contribution in [2.45, 2.75) is 19.5 Å². The number of benzene rings is 1. The highest BCUT2D eigenvalue weighted by Crippen LogP contribution is 2.26. The third kappa shape index (κ3) is 2.11. The molecule has 1 aromatic heterocycles. The Balaban J connectivity index is 1.64. The van der Waals surface area contributed by atoms with Gasteiger partial charge in [0.05, 0.1) is 6.54 Å². The van der Waals surface area contributed by atoms with E-state index in [0.29, 0.717) is 0 Å².